The first-order valence-corrected chi connectivity index (χ1v) is 8.86. The molecular formula is C19H27FN2O2. The Hall–Kier alpha value is -1.91. The minimum Gasteiger partial charge on any atom is -0.342 e. The lowest BCUT2D eigenvalue weighted by atomic mass is 10.1. The van der Waals surface area contributed by atoms with Gasteiger partial charge in [0.2, 0.25) is 11.8 Å². The average molecular weight is 334 g/mol. The van der Waals surface area contributed by atoms with E-state index in [-0.39, 0.29) is 23.5 Å². The molecule has 1 aliphatic rings. The van der Waals surface area contributed by atoms with Crippen LogP contribution in [0.2, 0.25) is 0 Å². The zero-order valence-corrected chi connectivity index (χ0v) is 14.6. The van der Waals surface area contributed by atoms with Gasteiger partial charge in [-0.25, -0.2) is 4.39 Å². The van der Waals surface area contributed by atoms with Crippen LogP contribution in [0.1, 0.15) is 45.1 Å². The number of carbonyl (C=O) groups is 2. The Bertz CT molecular complexity index is 559. The molecule has 0 saturated carbocycles. The molecule has 0 aliphatic carbocycles. The van der Waals surface area contributed by atoms with E-state index in [1.165, 1.54) is 12.1 Å². The van der Waals surface area contributed by atoms with Crippen molar-refractivity contribution in [3.63, 3.8) is 0 Å². The first-order valence-electron chi connectivity index (χ1n) is 8.86. The Morgan fingerprint density at radius 1 is 1.25 bits per heavy atom. The number of unbranched alkanes of at least 4 members (excludes halogenated alkanes) is 2. The van der Waals surface area contributed by atoms with Crippen molar-refractivity contribution in [3.05, 3.63) is 35.6 Å². The number of amides is 2. The summed E-state index contributed by atoms with van der Waals surface area (Å²) in [4.78, 5) is 28.4. The summed E-state index contributed by atoms with van der Waals surface area (Å²) in [5, 5.41) is 0. The summed E-state index contributed by atoms with van der Waals surface area (Å²) in [5.41, 5.74) is 0.915. The molecule has 1 aromatic rings. The predicted molar refractivity (Wildman–Crippen MR) is 91.7 cm³/mol. The summed E-state index contributed by atoms with van der Waals surface area (Å²) < 4.78 is 13.1. The highest BCUT2D eigenvalue weighted by molar-refractivity contribution is 5.89. The monoisotopic (exact) mass is 334 g/mol. The van der Waals surface area contributed by atoms with Crippen LogP contribution in [0, 0.1) is 11.7 Å². The summed E-state index contributed by atoms with van der Waals surface area (Å²) in [6, 6.07) is 6.27. The van der Waals surface area contributed by atoms with Crippen LogP contribution in [0.3, 0.4) is 0 Å². The van der Waals surface area contributed by atoms with Crippen LogP contribution in [-0.4, -0.2) is 41.2 Å². The fourth-order valence-corrected chi connectivity index (χ4v) is 3.13. The summed E-state index contributed by atoms with van der Waals surface area (Å²) in [5.74, 6) is -0.423. The van der Waals surface area contributed by atoms with Crippen molar-refractivity contribution in [1.29, 1.82) is 0 Å². The van der Waals surface area contributed by atoms with Crippen LogP contribution in [0.15, 0.2) is 24.3 Å². The van der Waals surface area contributed by atoms with Gasteiger partial charge in [0.15, 0.2) is 0 Å². The van der Waals surface area contributed by atoms with Crippen LogP contribution >= 0.6 is 0 Å². The van der Waals surface area contributed by atoms with Crippen molar-refractivity contribution in [2.75, 3.05) is 19.6 Å². The van der Waals surface area contributed by atoms with Gasteiger partial charge in [-0.15, -0.1) is 0 Å². The number of carbonyl (C=O) groups excluding carboxylic acids is 2. The van der Waals surface area contributed by atoms with Gasteiger partial charge in [0.1, 0.15) is 5.82 Å². The van der Waals surface area contributed by atoms with Crippen molar-refractivity contribution in [2.24, 2.45) is 5.92 Å². The molecule has 4 nitrogen and oxygen atoms in total. The minimum atomic E-state index is -0.275. The van der Waals surface area contributed by atoms with Gasteiger partial charge in [-0.3, -0.25) is 9.59 Å². The molecule has 1 fully saturated rings. The number of hydrogen-bond donors (Lipinski definition) is 0. The van der Waals surface area contributed by atoms with Crippen LogP contribution in [0.5, 0.6) is 0 Å². The predicted octanol–water partition coefficient (Wildman–Crippen LogP) is 3.21. The Kier molecular flexibility index (Phi) is 6.76. The second-order valence-electron chi connectivity index (χ2n) is 6.43. The fourth-order valence-electron chi connectivity index (χ4n) is 3.13. The molecule has 0 N–H and O–H groups in total. The molecule has 0 spiro atoms. The standard InChI is InChI=1S/C19H27FN2O2/c1-3-5-6-11-22(13-15-7-9-17(20)10-8-15)19(24)16-12-18(23)21(4-2)14-16/h7-10,16H,3-6,11-14H2,1-2H3. The maximum absolute atomic E-state index is 13.1. The molecule has 0 bridgehead atoms. The first-order chi connectivity index (χ1) is 11.5. The molecule has 24 heavy (non-hydrogen) atoms. The second kappa shape index (κ2) is 8.81. The lowest BCUT2D eigenvalue weighted by Crippen LogP contribution is -2.37. The maximum atomic E-state index is 13.1. The van der Waals surface area contributed by atoms with Crippen molar-refractivity contribution < 1.29 is 14.0 Å². The summed E-state index contributed by atoms with van der Waals surface area (Å²) in [6.07, 6.45) is 3.41. The number of likely N-dealkylation sites (tertiary alicyclic amines) is 1. The summed E-state index contributed by atoms with van der Waals surface area (Å²) >= 11 is 0. The van der Waals surface area contributed by atoms with Crippen molar-refractivity contribution in [3.8, 4) is 0 Å². The van der Waals surface area contributed by atoms with E-state index in [4.69, 9.17) is 0 Å². The van der Waals surface area contributed by atoms with E-state index in [9.17, 15) is 14.0 Å². The molecule has 1 aromatic carbocycles. The van der Waals surface area contributed by atoms with Gasteiger partial charge in [0.25, 0.3) is 0 Å². The normalized spacial score (nSPS) is 17.4. The summed E-state index contributed by atoms with van der Waals surface area (Å²) in [7, 11) is 0. The average Bonchev–Trinajstić information content (AvgIpc) is 2.96. The third kappa shape index (κ3) is 4.79. The molecular weight excluding hydrogens is 307 g/mol. The minimum absolute atomic E-state index is 0.0414. The van der Waals surface area contributed by atoms with Gasteiger partial charge >= 0.3 is 0 Å². The smallest absolute Gasteiger partial charge is 0.228 e. The Balaban J connectivity index is 2.05. The lowest BCUT2D eigenvalue weighted by molar-refractivity contribution is -0.136. The van der Waals surface area contributed by atoms with Crippen LogP contribution in [0.4, 0.5) is 4.39 Å². The van der Waals surface area contributed by atoms with Crippen molar-refractivity contribution >= 4 is 11.8 Å². The van der Waals surface area contributed by atoms with Crippen molar-refractivity contribution in [2.45, 2.75) is 46.1 Å². The zero-order chi connectivity index (χ0) is 17.5. The maximum Gasteiger partial charge on any atom is 0.228 e. The quantitative estimate of drug-likeness (QED) is 0.685. The first kappa shape index (κ1) is 18.4. The molecule has 2 rings (SSSR count). The van der Waals surface area contributed by atoms with Gasteiger partial charge in [-0.05, 0) is 31.0 Å². The van der Waals surface area contributed by atoms with Crippen LogP contribution in [0.25, 0.3) is 0 Å². The number of hydrogen-bond acceptors (Lipinski definition) is 2. The lowest BCUT2D eigenvalue weighted by Gasteiger charge is -2.26. The highest BCUT2D eigenvalue weighted by Crippen LogP contribution is 2.21. The molecule has 1 heterocycles. The number of benzene rings is 1. The molecule has 0 aromatic heterocycles. The molecule has 1 aliphatic heterocycles. The third-order valence-corrected chi connectivity index (χ3v) is 4.58. The second-order valence-corrected chi connectivity index (χ2v) is 6.43. The molecule has 1 saturated heterocycles. The van der Waals surface area contributed by atoms with E-state index in [1.807, 2.05) is 11.8 Å². The van der Waals surface area contributed by atoms with E-state index in [0.29, 0.717) is 32.6 Å². The molecule has 1 atom stereocenters. The van der Waals surface area contributed by atoms with E-state index >= 15 is 0 Å². The number of nitrogens with zero attached hydrogens (tertiary/aromatic N) is 2. The van der Waals surface area contributed by atoms with Crippen LogP contribution in [-0.2, 0) is 16.1 Å². The molecule has 1 unspecified atom stereocenters. The van der Waals surface area contributed by atoms with Gasteiger partial charge in [-0.1, -0.05) is 31.9 Å². The highest BCUT2D eigenvalue weighted by atomic mass is 19.1. The fraction of sp³-hybridized carbons (Fsp3) is 0.579. The molecule has 0 radical (unpaired) electrons. The van der Waals surface area contributed by atoms with E-state index in [1.54, 1.807) is 17.0 Å². The summed E-state index contributed by atoms with van der Waals surface area (Å²) in [6.45, 7) is 6.38. The van der Waals surface area contributed by atoms with Crippen LogP contribution < -0.4 is 0 Å². The van der Waals surface area contributed by atoms with E-state index in [2.05, 4.69) is 6.92 Å². The SMILES string of the molecule is CCCCCN(Cc1ccc(F)cc1)C(=O)C1CC(=O)N(CC)C1. The third-order valence-electron chi connectivity index (χ3n) is 4.58. The van der Waals surface area contributed by atoms with Gasteiger partial charge in [0.05, 0.1) is 5.92 Å². The molecule has 132 valence electrons. The molecule has 2 amide bonds. The van der Waals surface area contributed by atoms with Gasteiger partial charge in [-0.2, -0.15) is 0 Å². The number of rotatable bonds is 8. The van der Waals surface area contributed by atoms with Crippen molar-refractivity contribution in [1.82, 2.24) is 9.80 Å². The van der Waals surface area contributed by atoms with E-state index < -0.39 is 0 Å². The van der Waals surface area contributed by atoms with Gasteiger partial charge < -0.3 is 9.80 Å². The largest absolute Gasteiger partial charge is 0.342 e. The topological polar surface area (TPSA) is 40.6 Å². The highest BCUT2D eigenvalue weighted by Gasteiger charge is 2.35. The zero-order valence-electron chi connectivity index (χ0n) is 14.6. The Labute approximate surface area is 143 Å². The number of halogens is 1. The van der Waals surface area contributed by atoms with E-state index in [0.717, 1.165) is 24.8 Å². The van der Waals surface area contributed by atoms with Gasteiger partial charge in [0, 0.05) is 32.6 Å². The Morgan fingerprint density at radius 3 is 2.54 bits per heavy atom. The molecule has 5 heteroatoms. The Morgan fingerprint density at radius 2 is 1.96 bits per heavy atom.